The molecule has 0 radical (unpaired) electrons. The number of rotatable bonds is 3. The summed E-state index contributed by atoms with van der Waals surface area (Å²) in [6.45, 7) is 3.35. The molecule has 0 aromatic heterocycles. The molecular formula is C13H16FNO2. The summed E-state index contributed by atoms with van der Waals surface area (Å²) in [5, 5.41) is 0. The fraction of sp³-hybridized carbons (Fsp3) is 0.462. The second kappa shape index (κ2) is 5.17. The minimum Gasteiger partial charge on any atom is -0.484 e. The van der Waals surface area contributed by atoms with Crippen molar-refractivity contribution in [1.82, 2.24) is 4.90 Å². The van der Waals surface area contributed by atoms with Gasteiger partial charge in [0.05, 0.1) is 0 Å². The van der Waals surface area contributed by atoms with Crippen molar-refractivity contribution in [2.24, 2.45) is 0 Å². The van der Waals surface area contributed by atoms with E-state index < -0.39 is 0 Å². The number of carbonyl (C=O) groups is 1. The normalized spacial score (nSPS) is 15.1. The lowest BCUT2D eigenvalue weighted by molar-refractivity contribution is -0.132. The maximum Gasteiger partial charge on any atom is 0.260 e. The van der Waals surface area contributed by atoms with Gasteiger partial charge in [0.15, 0.2) is 6.61 Å². The van der Waals surface area contributed by atoms with Crippen LogP contribution in [0.1, 0.15) is 18.4 Å². The summed E-state index contributed by atoms with van der Waals surface area (Å²) in [4.78, 5) is 13.5. The zero-order valence-corrected chi connectivity index (χ0v) is 9.91. The molecule has 1 aromatic rings. The number of hydrogen-bond donors (Lipinski definition) is 0. The van der Waals surface area contributed by atoms with Gasteiger partial charge in [0.1, 0.15) is 11.6 Å². The zero-order valence-electron chi connectivity index (χ0n) is 9.91. The van der Waals surface area contributed by atoms with Gasteiger partial charge in [-0.3, -0.25) is 4.79 Å². The predicted molar refractivity (Wildman–Crippen MR) is 62.4 cm³/mol. The van der Waals surface area contributed by atoms with E-state index in [0.29, 0.717) is 11.3 Å². The number of halogens is 1. The second-order valence-electron chi connectivity index (χ2n) is 4.29. The smallest absolute Gasteiger partial charge is 0.260 e. The molecule has 4 heteroatoms. The molecule has 0 aliphatic carbocycles. The van der Waals surface area contributed by atoms with Gasteiger partial charge in [0.2, 0.25) is 0 Å². The molecule has 1 fully saturated rings. The van der Waals surface area contributed by atoms with Crippen LogP contribution in [-0.4, -0.2) is 30.5 Å². The first kappa shape index (κ1) is 11.9. The molecule has 1 aliphatic rings. The highest BCUT2D eigenvalue weighted by Crippen LogP contribution is 2.16. The van der Waals surface area contributed by atoms with E-state index in [4.69, 9.17) is 4.74 Å². The minimum absolute atomic E-state index is 0.00415. The highest BCUT2D eigenvalue weighted by molar-refractivity contribution is 5.78. The molecule has 92 valence electrons. The standard InChI is InChI=1S/C13H16FNO2/c1-10-8-11(4-5-12(10)14)17-9-13(16)15-6-2-3-7-15/h4-5,8H,2-3,6-7,9H2,1H3. The van der Waals surface area contributed by atoms with Gasteiger partial charge in [0.25, 0.3) is 5.91 Å². The Hall–Kier alpha value is -1.58. The van der Waals surface area contributed by atoms with Crippen molar-refractivity contribution in [2.75, 3.05) is 19.7 Å². The average Bonchev–Trinajstić information content (AvgIpc) is 2.84. The van der Waals surface area contributed by atoms with E-state index in [1.165, 1.54) is 6.07 Å². The highest BCUT2D eigenvalue weighted by atomic mass is 19.1. The number of likely N-dealkylation sites (tertiary alicyclic amines) is 1. The van der Waals surface area contributed by atoms with Crippen LogP contribution in [0.15, 0.2) is 18.2 Å². The topological polar surface area (TPSA) is 29.5 Å². The summed E-state index contributed by atoms with van der Waals surface area (Å²) in [6, 6.07) is 4.50. The molecule has 0 atom stereocenters. The Balaban J connectivity index is 1.88. The van der Waals surface area contributed by atoms with Crippen molar-refractivity contribution in [3.8, 4) is 5.75 Å². The molecule has 1 amide bonds. The lowest BCUT2D eigenvalue weighted by Crippen LogP contribution is -2.32. The van der Waals surface area contributed by atoms with Gasteiger partial charge in [-0.05, 0) is 43.5 Å². The molecule has 1 saturated heterocycles. The lowest BCUT2D eigenvalue weighted by atomic mass is 10.2. The van der Waals surface area contributed by atoms with E-state index in [1.807, 2.05) is 0 Å². The first-order valence-corrected chi connectivity index (χ1v) is 5.83. The van der Waals surface area contributed by atoms with E-state index in [2.05, 4.69) is 0 Å². The predicted octanol–water partition coefficient (Wildman–Crippen LogP) is 2.14. The fourth-order valence-corrected chi connectivity index (χ4v) is 1.91. The summed E-state index contributed by atoms with van der Waals surface area (Å²) >= 11 is 0. The van der Waals surface area contributed by atoms with Gasteiger partial charge >= 0.3 is 0 Å². The summed E-state index contributed by atoms with van der Waals surface area (Å²) in [6.07, 6.45) is 2.14. The van der Waals surface area contributed by atoms with Crippen molar-refractivity contribution < 1.29 is 13.9 Å². The van der Waals surface area contributed by atoms with Crippen LogP contribution in [0.5, 0.6) is 5.75 Å². The summed E-state index contributed by atoms with van der Waals surface area (Å²) < 4.78 is 18.4. The Morgan fingerprint density at radius 2 is 2.12 bits per heavy atom. The third-order valence-electron chi connectivity index (χ3n) is 2.95. The summed E-state index contributed by atoms with van der Waals surface area (Å²) in [5.41, 5.74) is 0.524. The van der Waals surface area contributed by atoms with Crippen molar-refractivity contribution >= 4 is 5.91 Å². The van der Waals surface area contributed by atoms with Crippen LogP contribution < -0.4 is 4.74 Å². The number of aryl methyl sites for hydroxylation is 1. The van der Waals surface area contributed by atoms with E-state index in [0.717, 1.165) is 25.9 Å². The van der Waals surface area contributed by atoms with Crippen molar-refractivity contribution in [3.05, 3.63) is 29.6 Å². The Labute approximate surface area is 100 Å². The van der Waals surface area contributed by atoms with Crippen LogP contribution in [0.2, 0.25) is 0 Å². The number of amides is 1. The molecule has 0 saturated carbocycles. The first-order chi connectivity index (χ1) is 8.16. The van der Waals surface area contributed by atoms with E-state index in [-0.39, 0.29) is 18.3 Å². The number of nitrogens with zero attached hydrogens (tertiary/aromatic N) is 1. The number of benzene rings is 1. The second-order valence-corrected chi connectivity index (χ2v) is 4.29. The molecule has 3 nitrogen and oxygen atoms in total. The molecule has 1 heterocycles. The van der Waals surface area contributed by atoms with Crippen LogP contribution in [-0.2, 0) is 4.79 Å². The molecule has 1 aromatic carbocycles. The molecule has 0 bridgehead atoms. The summed E-state index contributed by atoms with van der Waals surface area (Å²) in [5.74, 6) is 0.282. The molecule has 17 heavy (non-hydrogen) atoms. The number of hydrogen-bond acceptors (Lipinski definition) is 2. The molecular weight excluding hydrogens is 221 g/mol. The van der Waals surface area contributed by atoms with Gasteiger partial charge in [-0.1, -0.05) is 0 Å². The third kappa shape index (κ3) is 2.96. The minimum atomic E-state index is -0.261. The third-order valence-corrected chi connectivity index (χ3v) is 2.95. The van der Waals surface area contributed by atoms with Crippen molar-refractivity contribution in [1.29, 1.82) is 0 Å². The SMILES string of the molecule is Cc1cc(OCC(=O)N2CCCC2)ccc1F. The van der Waals surface area contributed by atoms with Gasteiger partial charge in [0, 0.05) is 13.1 Å². The van der Waals surface area contributed by atoms with Gasteiger partial charge in [-0.2, -0.15) is 0 Å². The van der Waals surface area contributed by atoms with Crippen LogP contribution in [0.3, 0.4) is 0 Å². The number of carbonyl (C=O) groups excluding carboxylic acids is 1. The van der Waals surface area contributed by atoms with Gasteiger partial charge in [-0.25, -0.2) is 4.39 Å². The maximum absolute atomic E-state index is 13.0. The highest BCUT2D eigenvalue weighted by Gasteiger charge is 2.18. The van der Waals surface area contributed by atoms with Crippen LogP contribution in [0.4, 0.5) is 4.39 Å². The number of ether oxygens (including phenoxy) is 1. The zero-order chi connectivity index (χ0) is 12.3. The fourth-order valence-electron chi connectivity index (χ4n) is 1.91. The Kier molecular flexibility index (Phi) is 3.61. The largest absolute Gasteiger partial charge is 0.484 e. The lowest BCUT2D eigenvalue weighted by Gasteiger charge is -2.15. The monoisotopic (exact) mass is 237 g/mol. The van der Waals surface area contributed by atoms with Gasteiger partial charge < -0.3 is 9.64 Å². The molecule has 0 spiro atoms. The molecule has 0 unspecified atom stereocenters. The first-order valence-electron chi connectivity index (χ1n) is 5.83. The van der Waals surface area contributed by atoms with Crippen molar-refractivity contribution in [2.45, 2.75) is 19.8 Å². The Morgan fingerprint density at radius 3 is 2.76 bits per heavy atom. The van der Waals surface area contributed by atoms with E-state index in [1.54, 1.807) is 24.0 Å². The van der Waals surface area contributed by atoms with E-state index >= 15 is 0 Å². The molecule has 1 aliphatic heterocycles. The van der Waals surface area contributed by atoms with Crippen LogP contribution in [0, 0.1) is 12.7 Å². The van der Waals surface area contributed by atoms with Gasteiger partial charge in [-0.15, -0.1) is 0 Å². The van der Waals surface area contributed by atoms with Crippen LogP contribution in [0.25, 0.3) is 0 Å². The quantitative estimate of drug-likeness (QED) is 0.806. The van der Waals surface area contributed by atoms with Crippen molar-refractivity contribution in [3.63, 3.8) is 0 Å². The molecule has 0 N–H and O–H groups in total. The summed E-state index contributed by atoms with van der Waals surface area (Å²) in [7, 11) is 0. The average molecular weight is 237 g/mol. The van der Waals surface area contributed by atoms with E-state index in [9.17, 15) is 9.18 Å². The van der Waals surface area contributed by atoms with Crippen LogP contribution >= 0.6 is 0 Å². The Bertz CT molecular complexity index is 414. The Morgan fingerprint density at radius 1 is 1.41 bits per heavy atom. The molecule has 2 rings (SSSR count). The maximum atomic E-state index is 13.0.